The van der Waals surface area contributed by atoms with Gasteiger partial charge in [-0.3, -0.25) is 14.5 Å². The van der Waals surface area contributed by atoms with E-state index in [1.165, 1.54) is 11.1 Å². The van der Waals surface area contributed by atoms with Gasteiger partial charge >= 0.3 is 0 Å². The van der Waals surface area contributed by atoms with Crippen molar-refractivity contribution in [2.24, 2.45) is 0 Å². The molecule has 1 unspecified atom stereocenters. The second kappa shape index (κ2) is 8.62. The molecule has 0 radical (unpaired) electrons. The van der Waals surface area contributed by atoms with Gasteiger partial charge in [0.1, 0.15) is 0 Å². The van der Waals surface area contributed by atoms with Crippen molar-refractivity contribution in [3.63, 3.8) is 0 Å². The summed E-state index contributed by atoms with van der Waals surface area (Å²) < 4.78 is 0. The summed E-state index contributed by atoms with van der Waals surface area (Å²) in [5, 5.41) is 3.07. The molecule has 1 N–H and O–H groups in total. The molecular formula is C28H30N2O2. The van der Waals surface area contributed by atoms with Crippen molar-refractivity contribution < 1.29 is 9.59 Å². The Morgan fingerprint density at radius 2 is 1.34 bits per heavy atom. The van der Waals surface area contributed by atoms with Gasteiger partial charge in [0, 0.05) is 11.4 Å². The van der Waals surface area contributed by atoms with E-state index in [1.54, 1.807) is 4.90 Å². The zero-order chi connectivity index (χ0) is 22.9. The Balaban J connectivity index is 1.71. The highest BCUT2D eigenvalue weighted by molar-refractivity contribution is 6.17. The molecule has 4 rings (SSSR count). The normalized spacial score (nSPS) is 18.1. The number of nitrogens with one attached hydrogen (secondary N) is 1. The van der Waals surface area contributed by atoms with E-state index in [4.69, 9.17) is 0 Å². The number of nitrogens with zero attached hydrogens (tertiary/aromatic N) is 1. The topological polar surface area (TPSA) is 49.4 Å². The molecule has 0 spiro atoms. The lowest BCUT2D eigenvalue weighted by Gasteiger charge is -2.50. The molecule has 1 heterocycles. The summed E-state index contributed by atoms with van der Waals surface area (Å²) in [5.41, 5.74) is 3.61. The molecule has 2 amide bonds. The highest BCUT2D eigenvalue weighted by Gasteiger charge is 2.58. The van der Waals surface area contributed by atoms with Gasteiger partial charge < -0.3 is 5.32 Å². The number of anilines is 2. The van der Waals surface area contributed by atoms with Crippen LogP contribution >= 0.6 is 0 Å². The molecule has 3 aromatic carbocycles. The van der Waals surface area contributed by atoms with Gasteiger partial charge in [0.2, 0.25) is 5.91 Å². The highest BCUT2D eigenvalue weighted by Crippen LogP contribution is 2.46. The minimum absolute atomic E-state index is 0.0588. The monoisotopic (exact) mass is 426 g/mol. The largest absolute Gasteiger partial charge is 0.324 e. The van der Waals surface area contributed by atoms with Gasteiger partial charge in [-0.15, -0.1) is 0 Å². The standard InChI is InChI=1S/C28H30N2O2/c1-19(2)21-10-14-24(15-11-21)29-27(32)28(23-8-6-5-7-9-23)18-26(31)30(28)25-16-12-22(13-17-25)20(3)4/h5-17,19-20H,18H2,1-4H3,(H,29,32). The number of hydrogen-bond donors (Lipinski definition) is 1. The molecule has 0 aliphatic carbocycles. The number of hydrogen-bond acceptors (Lipinski definition) is 2. The van der Waals surface area contributed by atoms with Crippen molar-refractivity contribution in [3.8, 4) is 0 Å². The number of carbonyl (C=O) groups excluding carboxylic acids is 2. The minimum atomic E-state index is -1.07. The van der Waals surface area contributed by atoms with E-state index < -0.39 is 5.54 Å². The molecule has 1 saturated heterocycles. The fourth-order valence-corrected chi connectivity index (χ4v) is 4.32. The van der Waals surface area contributed by atoms with Crippen LogP contribution in [-0.4, -0.2) is 11.8 Å². The second-order valence-corrected chi connectivity index (χ2v) is 9.11. The number of β-lactam (4-membered cyclic amide) rings is 1. The molecule has 32 heavy (non-hydrogen) atoms. The SMILES string of the molecule is CC(C)c1ccc(NC(=O)C2(c3ccccc3)CC(=O)N2c2ccc(C(C)C)cc2)cc1. The number of amides is 2. The summed E-state index contributed by atoms with van der Waals surface area (Å²) in [6.45, 7) is 8.55. The average molecular weight is 427 g/mol. The Morgan fingerprint density at radius 3 is 1.84 bits per heavy atom. The van der Waals surface area contributed by atoms with E-state index in [-0.39, 0.29) is 18.2 Å². The van der Waals surface area contributed by atoms with Crippen LogP contribution in [0.25, 0.3) is 0 Å². The zero-order valence-corrected chi connectivity index (χ0v) is 19.1. The highest BCUT2D eigenvalue weighted by atomic mass is 16.2. The molecule has 1 aliphatic rings. The maximum Gasteiger partial charge on any atom is 0.255 e. The van der Waals surface area contributed by atoms with E-state index in [0.717, 1.165) is 16.9 Å². The van der Waals surface area contributed by atoms with Crippen molar-refractivity contribution in [2.45, 2.75) is 51.5 Å². The summed E-state index contributed by atoms with van der Waals surface area (Å²) in [4.78, 5) is 28.2. The lowest BCUT2D eigenvalue weighted by Crippen LogP contribution is -2.67. The van der Waals surface area contributed by atoms with E-state index in [2.05, 4.69) is 33.0 Å². The van der Waals surface area contributed by atoms with Gasteiger partial charge in [0.05, 0.1) is 6.42 Å². The first kappa shape index (κ1) is 21.8. The summed E-state index contributed by atoms with van der Waals surface area (Å²) in [7, 11) is 0. The quantitative estimate of drug-likeness (QED) is 0.477. The predicted molar refractivity (Wildman–Crippen MR) is 130 cm³/mol. The van der Waals surface area contributed by atoms with Gasteiger partial charge in [0.25, 0.3) is 5.91 Å². The van der Waals surface area contributed by atoms with E-state index in [9.17, 15) is 9.59 Å². The predicted octanol–water partition coefficient (Wildman–Crippen LogP) is 6.20. The Morgan fingerprint density at radius 1 is 0.812 bits per heavy atom. The molecule has 1 aliphatic heterocycles. The summed E-state index contributed by atoms with van der Waals surface area (Å²) in [6.07, 6.45) is 0.138. The second-order valence-electron chi connectivity index (χ2n) is 9.11. The Hall–Kier alpha value is -3.40. The Bertz CT molecular complexity index is 1100. The fraction of sp³-hybridized carbons (Fsp3) is 0.286. The first-order valence-electron chi connectivity index (χ1n) is 11.2. The molecule has 1 atom stereocenters. The molecule has 4 heteroatoms. The van der Waals surface area contributed by atoms with Crippen LogP contribution in [0.5, 0.6) is 0 Å². The number of carbonyl (C=O) groups is 2. The van der Waals surface area contributed by atoms with E-state index in [0.29, 0.717) is 11.8 Å². The Kier molecular flexibility index (Phi) is 5.88. The van der Waals surface area contributed by atoms with Crippen molar-refractivity contribution in [3.05, 3.63) is 95.6 Å². The van der Waals surface area contributed by atoms with Crippen LogP contribution in [0.1, 0.15) is 62.6 Å². The lowest BCUT2D eigenvalue weighted by atomic mass is 9.76. The van der Waals surface area contributed by atoms with Crippen LogP contribution in [0.3, 0.4) is 0 Å². The molecule has 1 fully saturated rings. The van der Waals surface area contributed by atoms with Gasteiger partial charge in [-0.25, -0.2) is 0 Å². The summed E-state index contributed by atoms with van der Waals surface area (Å²) in [6, 6.07) is 25.4. The molecular weight excluding hydrogens is 396 g/mol. The van der Waals surface area contributed by atoms with Crippen molar-refractivity contribution in [1.29, 1.82) is 0 Å². The lowest BCUT2D eigenvalue weighted by molar-refractivity contribution is -0.137. The summed E-state index contributed by atoms with van der Waals surface area (Å²) >= 11 is 0. The van der Waals surface area contributed by atoms with Gasteiger partial charge in [-0.2, -0.15) is 0 Å². The van der Waals surface area contributed by atoms with Crippen LogP contribution < -0.4 is 10.2 Å². The third-order valence-corrected chi connectivity index (χ3v) is 6.32. The minimum Gasteiger partial charge on any atom is -0.324 e. The van der Waals surface area contributed by atoms with Crippen LogP contribution in [0.2, 0.25) is 0 Å². The third-order valence-electron chi connectivity index (χ3n) is 6.32. The van der Waals surface area contributed by atoms with Gasteiger partial charge in [-0.05, 0) is 52.8 Å². The summed E-state index contributed by atoms with van der Waals surface area (Å²) in [5.74, 6) is 0.557. The number of benzene rings is 3. The fourth-order valence-electron chi connectivity index (χ4n) is 4.32. The van der Waals surface area contributed by atoms with Crippen LogP contribution in [-0.2, 0) is 15.1 Å². The average Bonchev–Trinajstić information content (AvgIpc) is 2.78. The van der Waals surface area contributed by atoms with Crippen LogP contribution in [0, 0.1) is 0 Å². The molecule has 164 valence electrons. The van der Waals surface area contributed by atoms with Crippen molar-refractivity contribution in [1.82, 2.24) is 0 Å². The number of rotatable bonds is 6. The van der Waals surface area contributed by atoms with Crippen molar-refractivity contribution >= 4 is 23.2 Å². The van der Waals surface area contributed by atoms with Gasteiger partial charge in [-0.1, -0.05) is 82.3 Å². The molecule has 0 aromatic heterocycles. The van der Waals surface area contributed by atoms with Crippen LogP contribution in [0.15, 0.2) is 78.9 Å². The molecule has 3 aromatic rings. The maximum absolute atomic E-state index is 13.7. The first-order chi connectivity index (χ1) is 15.3. The molecule has 0 saturated carbocycles. The van der Waals surface area contributed by atoms with E-state index >= 15 is 0 Å². The molecule has 4 nitrogen and oxygen atoms in total. The third kappa shape index (κ3) is 3.81. The molecule has 0 bridgehead atoms. The first-order valence-corrected chi connectivity index (χ1v) is 11.2. The van der Waals surface area contributed by atoms with Gasteiger partial charge in [0.15, 0.2) is 5.54 Å². The smallest absolute Gasteiger partial charge is 0.255 e. The maximum atomic E-state index is 13.7. The zero-order valence-electron chi connectivity index (χ0n) is 19.1. The Labute approximate surface area is 190 Å². The van der Waals surface area contributed by atoms with Crippen LogP contribution in [0.4, 0.5) is 11.4 Å². The van der Waals surface area contributed by atoms with E-state index in [1.807, 2.05) is 78.9 Å². The van der Waals surface area contributed by atoms with Crippen molar-refractivity contribution in [2.75, 3.05) is 10.2 Å².